The second-order valence-corrected chi connectivity index (χ2v) is 3.39. The van der Waals surface area contributed by atoms with Gasteiger partial charge in [-0.05, 0) is 18.4 Å². The minimum absolute atomic E-state index is 0.727. The van der Waals surface area contributed by atoms with Gasteiger partial charge in [0.25, 0.3) is 0 Å². The standard InChI is InChI=1S/C12H17NO/c1-2-3-5-12-6-9-13(10-7-12)8-4-11-14/h4,6-7,9-11H,2-3,5,8H2,1H3/p+1. The summed E-state index contributed by atoms with van der Waals surface area (Å²) in [7, 11) is 0. The Bertz CT molecular complexity index is 277. The molecule has 1 rings (SSSR count). The highest BCUT2D eigenvalue weighted by Crippen LogP contribution is 2.01. The van der Waals surface area contributed by atoms with E-state index in [2.05, 4.69) is 19.1 Å². The predicted octanol–water partition coefficient (Wildman–Crippen LogP) is 2.39. The smallest absolute Gasteiger partial charge is 0.170 e. The van der Waals surface area contributed by atoms with Crippen molar-refractivity contribution < 1.29 is 9.67 Å². The summed E-state index contributed by atoms with van der Waals surface area (Å²) >= 11 is 0. The fourth-order valence-electron chi connectivity index (χ4n) is 1.33. The van der Waals surface area contributed by atoms with Gasteiger partial charge in [0.1, 0.15) is 0 Å². The molecule has 0 unspecified atom stereocenters. The van der Waals surface area contributed by atoms with Crippen LogP contribution in [0, 0.1) is 0 Å². The van der Waals surface area contributed by atoms with Crippen LogP contribution >= 0.6 is 0 Å². The van der Waals surface area contributed by atoms with Crippen molar-refractivity contribution in [2.75, 3.05) is 0 Å². The van der Waals surface area contributed by atoms with Crippen LogP contribution in [-0.4, -0.2) is 5.11 Å². The average Bonchev–Trinajstić information content (AvgIpc) is 2.25. The number of aromatic nitrogens is 1. The SMILES string of the molecule is CCCCc1cc[n+](CC=CO)cc1. The van der Waals surface area contributed by atoms with E-state index in [1.165, 1.54) is 18.4 Å². The molecule has 0 atom stereocenters. The molecule has 1 N–H and O–H groups in total. The van der Waals surface area contributed by atoms with E-state index in [0.717, 1.165) is 19.2 Å². The summed E-state index contributed by atoms with van der Waals surface area (Å²) in [6, 6.07) is 4.28. The normalized spacial score (nSPS) is 10.9. The number of aryl methyl sites for hydroxylation is 1. The number of aliphatic hydroxyl groups is 1. The molecule has 0 radical (unpaired) electrons. The Kier molecular flexibility index (Phi) is 4.76. The molecule has 0 bridgehead atoms. The molecule has 0 saturated carbocycles. The summed E-state index contributed by atoms with van der Waals surface area (Å²) in [4.78, 5) is 0. The minimum Gasteiger partial charge on any atom is -0.516 e. The maximum atomic E-state index is 8.50. The first-order chi connectivity index (χ1) is 6.86. The van der Waals surface area contributed by atoms with Crippen LogP contribution in [0.2, 0.25) is 0 Å². The van der Waals surface area contributed by atoms with Crippen molar-refractivity contribution >= 4 is 0 Å². The first-order valence-electron chi connectivity index (χ1n) is 5.14. The van der Waals surface area contributed by atoms with E-state index >= 15 is 0 Å². The molecule has 0 aliphatic heterocycles. The van der Waals surface area contributed by atoms with Gasteiger partial charge in [-0.15, -0.1) is 0 Å². The molecule has 76 valence electrons. The molecule has 0 saturated heterocycles. The monoisotopic (exact) mass is 192 g/mol. The summed E-state index contributed by atoms with van der Waals surface area (Å²) in [5, 5.41) is 8.50. The summed E-state index contributed by atoms with van der Waals surface area (Å²) in [5.74, 6) is 0. The van der Waals surface area contributed by atoms with Crippen LogP contribution < -0.4 is 4.57 Å². The molecule has 0 fully saturated rings. The van der Waals surface area contributed by atoms with Crippen molar-refractivity contribution in [1.82, 2.24) is 0 Å². The minimum atomic E-state index is 0.727. The second-order valence-electron chi connectivity index (χ2n) is 3.39. The number of hydrogen-bond acceptors (Lipinski definition) is 1. The molecule has 2 nitrogen and oxygen atoms in total. The van der Waals surface area contributed by atoms with Gasteiger partial charge in [0.15, 0.2) is 18.9 Å². The molecule has 0 spiro atoms. The Balaban J connectivity index is 2.50. The first kappa shape index (κ1) is 10.8. The highest BCUT2D eigenvalue weighted by Gasteiger charge is 1.97. The molecule has 1 aromatic rings. The Morgan fingerprint density at radius 1 is 1.36 bits per heavy atom. The van der Waals surface area contributed by atoms with E-state index in [9.17, 15) is 0 Å². The summed E-state index contributed by atoms with van der Waals surface area (Å²) in [6.45, 7) is 2.93. The number of pyridine rings is 1. The lowest BCUT2D eigenvalue weighted by Crippen LogP contribution is -2.31. The van der Waals surface area contributed by atoms with Crippen molar-refractivity contribution in [1.29, 1.82) is 0 Å². The van der Waals surface area contributed by atoms with Crippen LogP contribution in [0.25, 0.3) is 0 Å². The predicted molar refractivity (Wildman–Crippen MR) is 57.0 cm³/mol. The average molecular weight is 192 g/mol. The number of nitrogens with zero attached hydrogens (tertiary/aromatic N) is 1. The van der Waals surface area contributed by atoms with Crippen molar-refractivity contribution in [2.24, 2.45) is 0 Å². The lowest BCUT2D eigenvalue weighted by Gasteiger charge is -1.97. The molecule has 1 aromatic heterocycles. The molecule has 0 amide bonds. The highest BCUT2D eigenvalue weighted by atomic mass is 16.2. The van der Waals surface area contributed by atoms with Crippen molar-refractivity contribution in [3.05, 3.63) is 42.4 Å². The van der Waals surface area contributed by atoms with Gasteiger partial charge in [-0.25, -0.2) is 4.57 Å². The van der Waals surface area contributed by atoms with E-state index in [4.69, 9.17) is 5.11 Å². The number of aliphatic hydroxyl groups excluding tert-OH is 1. The number of unbranched alkanes of at least 4 members (excludes halogenated alkanes) is 1. The highest BCUT2D eigenvalue weighted by molar-refractivity contribution is 5.07. The van der Waals surface area contributed by atoms with Crippen LogP contribution in [0.1, 0.15) is 25.3 Å². The molecule has 14 heavy (non-hydrogen) atoms. The topological polar surface area (TPSA) is 24.1 Å². The summed E-state index contributed by atoms with van der Waals surface area (Å²) in [5.41, 5.74) is 1.39. The third-order valence-electron chi connectivity index (χ3n) is 2.20. The Hall–Kier alpha value is -1.31. The van der Waals surface area contributed by atoms with Crippen molar-refractivity contribution in [3.8, 4) is 0 Å². The van der Waals surface area contributed by atoms with E-state index in [-0.39, 0.29) is 0 Å². The zero-order valence-electron chi connectivity index (χ0n) is 8.69. The quantitative estimate of drug-likeness (QED) is 0.562. The first-order valence-corrected chi connectivity index (χ1v) is 5.14. The number of rotatable bonds is 5. The van der Waals surface area contributed by atoms with Crippen molar-refractivity contribution in [2.45, 2.75) is 32.7 Å². The van der Waals surface area contributed by atoms with Crippen LogP contribution in [0.4, 0.5) is 0 Å². The number of allylic oxidation sites excluding steroid dienone is 1. The van der Waals surface area contributed by atoms with Crippen LogP contribution in [0.5, 0.6) is 0 Å². The molecule has 2 heteroatoms. The maximum absolute atomic E-state index is 8.50. The molecule has 0 aromatic carbocycles. The van der Waals surface area contributed by atoms with Crippen LogP contribution in [-0.2, 0) is 13.0 Å². The largest absolute Gasteiger partial charge is 0.516 e. The fourth-order valence-corrected chi connectivity index (χ4v) is 1.33. The molecule has 0 aliphatic carbocycles. The van der Waals surface area contributed by atoms with Gasteiger partial charge < -0.3 is 5.11 Å². The van der Waals surface area contributed by atoms with Gasteiger partial charge in [0.05, 0.1) is 6.26 Å². The Morgan fingerprint density at radius 3 is 2.64 bits per heavy atom. The summed E-state index contributed by atoms with van der Waals surface area (Å²) in [6.07, 6.45) is 10.5. The molecule has 1 heterocycles. The zero-order chi connectivity index (χ0) is 10.2. The fraction of sp³-hybridized carbons (Fsp3) is 0.417. The van der Waals surface area contributed by atoms with E-state index in [1.54, 1.807) is 6.08 Å². The maximum Gasteiger partial charge on any atom is 0.170 e. The van der Waals surface area contributed by atoms with Crippen LogP contribution in [0.3, 0.4) is 0 Å². The lowest BCUT2D eigenvalue weighted by atomic mass is 10.1. The van der Waals surface area contributed by atoms with Gasteiger partial charge >= 0.3 is 0 Å². The van der Waals surface area contributed by atoms with Gasteiger partial charge in [-0.3, -0.25) is 0 Å². The molecular weight excluding hydrogens is 174 g/mol. The van der Waals surface area contributed by atoms with Crippen molar-refractivity contribution in [3.63, 3.8) is 0 Å². The van der Waals surface area contributed by atoms with Gasteiger partial charge in [0.2, 0.25) is 0 Å². The Labute approximate surface area is 85.5 Å². The third-order valence-corrected chi connectivity index (χ3v) is 2.20. The Morgan fingerprint density at radius 2 is 2.07 bits per heavy atom. The lowest BCUT2D eigenvalue weighted by molar-refractivity contribution is -0.687. The van der Waals surface area contributed by atoms with E-state index in [0.29, 0.717) is 0 Å². The molecule has 0 aliphatic rings. The zero-order valence-corrected chi connectivity index (χ0v) is 8.69. The van der Waals surface area contributed by atoms with E-state index < -0.39 is 0 Å². The van der Waals surface area contributed by atoms with Gasteiger partial charge in [-0.1, -0.05) is 13.3 Å². The van der Waals surface area contributed by atoms with E-state index in [1.807, 2.05) is 17.0 Å². The van der Waals surface area contributed by atoms with Gasteiger partial charge in [0, 0.05) is 18.2 Å². The summed E-state index contributed by atoms with van der Waals surface area (Å²) < 4.78 is 2.03. The molecular formula is C12H18NO+. The van der Waals surface area contributed by atoms with Gasteiger partial charge in [-0.2, -0.15) is 0 Å². The second kappa shape index (κ2) is 6.19. The van der Waals surface area contributed by atoms with Crippen LogP contribution in [0.15, 0.2) is 36.9 Å². The third kappa shape index (κ3) is 3.60. The number of hydrogen-bond donors (Lipinski definition) is 1.